The molecule has 118 valence electrons. The Labute approximate surface area is 133 Å². The molecular formula is C18H26N4. The number of likely N-dealkylation sites (tertiary alicyclic amines) is 1. The molecule has 0 atom stereocenters. The summed E-state index contributed by atoms with van der Waals surface area (Å²) >= 11 is 0. The quantitative estimate of drug-likeness (QED) is 0.842. The van der Waals surface area contributed by atoms with Gasteiger partial charge in [0.2, 0.25) is 0 Å². The summed E-state index contributed by atoms with van der Waals surface area (Å²) in [5, 5.41) is 9.45. The Balaban J connectivity index is 1.70. The van der Waals surface area contributed by atoms with Crippen LogP contribution in [0.15, 0.2) is 6.07 Å². The monoisotopic (exact) mass is 298 g/mol. The molecule has 3 heterocycles. The second kappa shape index (κ2) is 6.66. The number of pyridine rings is 1. The highest BCUT2D eigenvalue weighted by Crippen LogP contribution is 2.27. The largest absolute Gasteiger partial charge is 0.355 e. The summed E-state index contributed by atoms with van der Waals surface area (Å²) in [7, 11) is 0. The molecule has 1 aromatic rings. The molecule has 0 bridgehead atoms. The average molecular weight is 298 g/mol. The molecule has 1 aromatic heterocycles. The van der Waals surface area contributed by atoms with E-state index in [4.69, 9.17) is 0 Å². The van der Waals surface area contributed by atoms with Crippen LogP contribution in [-0.4, -0.2) is 42.1 Å². The van der Waals surface area contributed by atoms with E-state index < -0.39 is 0 Å². The summed E-state index contributed by atoms with van der Waals surface area (Å²) in [4.78, 5) is 9.66. The molecule has 2 aliphatic heterocycles. The van der Waals surface area contributed by atoms with Crippen LogP contribution in [0, 0.1) is 25.2 Å². The van der Waals surface area contributed by atoms with Crippen LogP contribution in [0.25, 0.3) is 0 Å². The van der Waals surface area contributed by atoms with Crippen molar-refractivity contribution in [3.8, 4) is 6.07 Å². The smallest absolute Gasteiger partial charge is 0.147 e. The summed E-state index contributed by atoms with van der Waals surface area (Å²) in [5.74, 6) is 0.900. The van der Waals surface area contributed by atoms with Crippen LogP contribution >= 0.6 is 0 Å². The number of rotatable bonds is 2. The predicted octanol–water partition coefficient (Wildman–Crippen LogP) is 3.02. The zero-order valence-electron chi connectivity index (χ0n) is 13.8. The van der Waals surface area contributed by atoms with E-state index in [1.54, 1.807) is 0 Å². The van der Waals surface area contributed by atoms with Gasteiger partial charge in [-0.3, -0.25) is 0 Å². The van der Waals surface area contributed by atoms with E-state index in [2.05, 4.69) is 20.9 Å². The molecule has 0 saturated carbocycles. The third kappa shape index (κ3) is 3.10. The number of nitriles is 1. The fraction of sp³-hybridized carbons (Fsp3) is 0.667. The van der Waals surface area contributed by atoms with Crippen molar-refractivity contribution in [1.29, 1.82) is 5.26 Å². The highest BCUT2D eigenvalue weighted by molar-refractivity contribution is 5.58. The number of aromatic nitrogens is 1. The first-order chi connectivity index (χ1) is 10.7. The van der Waals surface area contributed by atoms with Gasteiger partial charge in [-0.05, 0) is 64.3 Å². The predicted molar refractivity (Wildman–Crippen MR) is 89.1 cm³/mol. The minimum atomic E-state index is 0.730. The zero-order valence-corrected chi connectivity index (χ0v) is 13.8. The minimum Gasteiger partial charge on any atom is -0.355 e. The fourth-order valence-corrected chi connectivity index (χ4v) is 3.91. The van der Waals surface area contributed by atoms with E-state index in [9.17, 15) is 5.26 Å². The topological polar surface area (TPSA) is 43.2 Å². The summed E-state index contributed by atoms with van der Waals surface area (Å²) in [6, 6.07) is 5.08. The zero-order chi connectivity index (χ0) is 15.5. The van der Waals surface area contributed by atoms with Crippen molar-refractivity contribution in [2.75, 3.05) is 31.1 Å². The number of hydrogen-bond acceptors (Lipinski definition) is 4. The lowest BCUT2D eigenvalue weighted by molar-refractivity contribution is 0.141. The molecule has 4 heteroatoms. The molecule has 2 aliphatic rings. The van der Waals surface area contributed by atoms with Crippen LogP contribution in [0.5, 0.6) is 0 Å². The molecule has 0 N–H and O–H groups in total. The number of hydrogen-bond donors (Lipinski definition) is 0. The molecule has 3 rings (SSSR count). The van der Waals surface area contributed by atoms with E-state index in [-0.39, 0.29) is 0 Å². The van der Waals surface area contributed by atoms with Gasteiger partial charge in [-0.2, -0.15) is 5.26 Å². The van der Waals surface area contributed by atoms with Crippen LogP contribution in [0.4, 0.5) is 5.82 Å². The van der Waals surface area contributed by atoms with Gasteiger partial charge < -0.3 is 9.80 Å². The van der Waals surface area contributed by atoms with Crippen molar-refractivity contribution in [2.24, 2.45) is 0 Å². The van der Waals surface area contributed by atoms with Gasteiger partial charge in [-0.15, -0.1) is 0 Å². The van der Waals surface area contributed by atoms with E-state index in [1.165, 1.54) is 45.2 Å². The van der Waals surface area contributed by atoms with Crippen molar-refractivity contribution in [2.45, 2.75) is 52.0 Å². The first-order valence-electron chi connectivity index (χ1n) is 8.56. The Morgan fingerprint density at radius 1 is 1.09 bits per heavy atom. The highest BCUT2D eigenvalue weighted by Gasteiger charge is 2.27. The van der Waals surface area contributed by atoms with Gasteiger partial charge in [-0.25, -0.2) is 4.98 Å². The molecule has 0 aliphatic carbocycles. The van der Waals surface area contributed by atoms with Gasteiger partial charge >= 0.3 is 0 Å². The Morgan fingerprint density at radius 3 is 2.41 bits per heavy atom. The van der Waals surface area contributed by atoms with Gasteiger partial charge in [0.05, 0.1) is 5.56 Å². The van der Waals surface area contributed by atoms with E-state index in [0.717, 1.165) is 41.8 Å². The standard InChI is InChI=1S/C18H26N4/c1-14-12-15(2)20-18(17(14)13-19)22-10-6-16(7-11-22)21-8-4-3-5-9-21/h12,16H,3-11H2,1-2H3. The van der Waals surface area contributed by atoms with Crippen LogP contribution in [0.1, 0.15) is 48.9 Å². The Hall–Kier alpha value is -1.60. The Bertz CT molecular complexity index is 561. The molecule has 0 spiro atoms. The Kier molecular flexibility index (Phi) is 4.63. The maximum Gasteiger partial charge on any atom is 0.147 e. The van der Waals surface area contributed by atoms with Crippen molar-refractivity contribution in [1.82, 2.24) is 9.88 Å². The second-order valence-corrected chi connectivity index (χ2v) is 6.71. The van der Waals surface area contributed by atoms with Crippen molar-refractivity contribution >= 4 is 5.82 Å². The molecule has 0 amide bonds. The molecule has 0 unspecified atom stereocenters. The maximum atomic E-state index is 9.45. The number of anilines is 1. The summed E-state index contributed by atoms with van der Waals surface area (Å²) in [6.45, 7) is 8.61. The van der Waals surface area contributed by atoms with E-state index in [1.807, 2.05) is 19.9 Å². The lowest BCUT2D eigenvalue weighted by Gasteiger charge is -2.40. The van der Waals surface area contributed by atoms with Gasteiger partial charge in [0.1, 0.15) is 11.9 Å². The number of nitrogens with zero attached hydrogens (tertiary/aromatic N) is 4. The average Bonchev–Trinajstić information content (AvgIpc) is 2.55. The summed E-state index contributed by atoms with van der Waals surface area (Å²) in [6.07, 6.45) is 6.50. The summed E-state index contributed by atoms with van der Waals surface area (Å²) < 4.78 is 0. The fourth-order valence-electron chi connectivity index (χ4n) is 3.91. The molecule has 0 aromatic carbocycles. The molecule has 22 heavy (non-hydrogen) atoms. The molecule has 0 radical (unpaired) electrons. The maximum absolute atomic E-state index is 9.45. The van der Waals surface area contributed by atoms with Gasteiger partial charge in [0.15, 0.2) is 0 Å². The number of aryl methyl sites for hydroxylation is 2. The van der Waals surface area contributed by atoms with Gasteiger partial charge in [-0.1, -0.05) is 6.42 Å². The van der Waals surface area contributed by atoms with Crippen molar-refractivity contribution < 1.29 is 0 Å². The first kappa shape index (κ1) is 15.3. The van der Waals surface area contributed by atoms with Gasteiger partial charge in [0, 0.05) is 24.8 Å². The molecule has 4 nitrogen and oxygen atoms in total. The van der Waals surface area contributed by atoms with Crippen LogP contribution in [-0.2, 0) is 0 Å². The lowest BCUT2D eigenvalue weighted by Crippen LogP contribution is -2.47. The van der Waals surface area contributed by atoms with Gasteiger partial charge in [0.25, 0.3) is 0 Å². The van der Waals surface area contributed by atoms with E-state index in [0.29, 0.717) is 0 Å². The van der Waals surface area contributed by atoms with E-state index >= 15 is 0 Å². The first-order valence-corrected chi connectivity index (χ1v) is 8.56. The molecular weight excluding hydrogens is 272 g/mol. The second-order valence-electron chi connectivity index (χ2n) is 6.71. The van der Waals surface area contributed by atoms with Crippen LogP contribution in [0.3, 0.4) is 0 Å². The van der Waals surface area contributed by atoms with Crippen LogP contribution in [0.2, 0.25) is 0 Å². The minimum absolute atomic E-state index is 0.730. The third-order valence-corrected chi connectivity index (χ3v) is 5.11. The lowest BCUT2D eigenvalue weighted by atomic mass is 9.99. The highest BCUT2D eigenvalue weighted by atomic mass is 15.2. The SMILES string of the molecule is Cc1cc(C)c(C#N)c(N2CCC(N3CCCCC3)CC2)n1. The van der Waals surface area contributed by atoms with Crippen LogP contribution < -0.4 is 4.90 Å². The Morgan fingerprint density at radius 2 is 1.77 bits per heavy atom. The van der Waals surface area contributed by atoms with Crippen molar-refractivity contribution in [3.63, 3.8) is 0 Å². The normalized spacial score (nSPS) is 20.9. The van der Waals surface area contributed by atoms with Crippen molar-refractivity contribution in [3.05, 3.63) is 22.9 Å². The third-order valence-electron chi connectivity index (χ3n) is 5.11. The molecule has 2 fully saturated rings. The molecule has 2 saturated heterocycles. The summed E-state index contributed by atoms with van der Waals surface area (Å²) in [5.41, 5.74) is 2.80. The number of piperidine rings is 2.